The van der Waals surface area contributed by atoms with Gasteiger partial charge in [0, 0.05) is 12.7 Å². The Morgan fingerprint density at radius 3 is 2.71 bits per heavy atom. The van der Waals surface area contributed by atoms with Crippen molar-refractivity contribution in [2.45, 2.75) is 25.9 Å². The van der Waals surface area contributed by atoms with Gasteiger partial charge >= 0.3 is 0 Å². The Kier molecular flexibility index (Phi) is 5.00. The molecule has 21 heavy (non-hydrogen) atoms. The fourth-order valence-corrected chi connectivity index (χ4v) is 2.30. The highest BCUT2D eigenvalue weighted by molar-refractivity contribution is 5.94. The highest BCUT2D eigenvalue weighted by Crippen LogP contribution is 2.11. The largest absolute Gasteiger partial charge is 0.397 e. The van der Waals surface area contributed by atoms with Crippen LogP contribution in [0.15, 0.2) is 42.6 Å². The van der Waals surface area contributed by atoms with E-state index in [-0.39, 0.29) is 18.6 Å². The predicted octanol–water partition coefficient (Wildman–Crippen LogP) is 1.42. The summed E-state index contributed by atoms with van der Waals surface area (Å²) in [4.78, 5) is 12.3. The third-order valence-corrected chi connectivity index (χ3v) is 3.37. The first-order valence-electron chi connectivity index (χ1n) is 7.05. The van der Waals surface area contributed by atoms with Crippen LogP contribution in [0.4, 0.5) is 5.69 Å². The van der Waals surface area contributed by atoms with E-state index in [9.17, 15) is 9.90 Å². The minimum absolute atomic E-state index is 0.108. The van der Waals surface area contributed by atoms with Crippen molar-refractivity contribution in [2.24, 2.45) is 0 Å². The molecule has 0 radical (unpaired) electrons. The lowest BCUT2D eigenvalue weighted by atomic mass is 10.1. The molecule has 1 amide bonds. The number of aromatic nitrogens is 1. The number of carbonyl (C=O) groups excluding carboxylic acids is 1. The molecule has 1 unspecified atom stereocenters. The van der Waals surface area contributed by atoms with E-state index in [4.69, 9.17) is 5.73 Å². The van der Waals surface area contributed by atoms with Gasteiger partial charge in [0.15, 0.2) is 0 Å². The van der Waals surface area contributed by atoms with E-state index in [0.29, 0.717) is 24.3 Å². The molecule has 0 saturated heterocycles. The van der Waals surface area contributed by atoms with Crippen LogP contribution in [-0.2, 0) is 13.0 Å². The molecule has 0 aliphatic rings. The van der Waals surface area contributed by atoms with Gasteiger partial charge in [0.2, 0.25) is 0 Å². The molecule has 0 spiro atoms. The fourth-order valence-electron chi connectivity index (χ4n) is 2.30. The third kappa shape index (κ3) is 3.86. The first-order chi connectivity index (χ1) is 10.1. The summed E-state index contributed by atoms with van der Waals surface area (Å²) in [5.41, 5.74) is 7.88. The first-order valence-corrected chi connectivity index (χ1v) is 7.05. The van der Waals surface area contributed by atoms with E-state index in [2.05, 4.69) is 5.32 Å². The highest BCUT2D eigenvalue weighted by atomic mass is 16.3. The topological polar surface area (TPSA) is 80.3 Å². The smallest absolute Gasteiger partial charge is 0.268 e. The average Bonchev–Trinajstić information content (AvgIpc) is 2.88. The SMILES string of the molecule is CCn1cc(N)cc1C(=O)NC(CO)Cc1ccccc1. The minimum atomic E-state index is -0.318. The van der Waals surface area contributed by atoms with E-state index in [0.717, 1.165) is 5.56 Å². The van der Waals surface area contributed by atoms with E-state index < -0.39 is 0 Å². The number of nitrogen functional groups attached to an aromatic ring is 1. The summed E-state index contributed by atoms with van der Waals surface area (Å²) in [6, 6.07) is 11.1. The zero-order chi connectivity index (χ0) is 15.2. The Morgan fingerprint density at radius 1 is 1.38 bits per heavy atom. The van der Waals surface area contributed by atoms with Crippen LogP contribution in [0.2, 0.25) is 0 Å². The molecule has 0 fully saturated rings. The number of anilines is 1. The van der Waals surface area contributed by atoms with E-state index in [1.807, 2.05) is 37.3 Å². The Bertz CT molecular complexity index is 593. The molecular formula is C16H21N3O2. The number of aryl methyl sites for hydroxylation is 1. The number of hydrogen-bond acceptors (Lipinski definition) is 3. The van der Waals surface area contributed by atoms with Gasteiger partial charge in [-0.3, -0.25) is 4.79 Å². The molecule has 1 heterocycles. The van der Waals surface area contributed by atoms with Crippen molar-refractivity contribution < 1.29 is 9.90 Å². The molecule has 112 valence electrons. The zero-order valence-electron chi connectivity index (χ0n) is 12.1. The lowest BCUT2D eigenvalue weighted by molar-refractivity contribution is 0.0907. The van der Waals surface area contributed by atoms with Crippen LogP contribution in [0.1, 0.15) is 23.0 Å². The number of nitrogens with zero attached hydrogens (tertiary/aromatic N) is 1. The van der Waals surface area contributed by atoms with Crippen molar-refractivity contribution in [3.63, 3.8) is 0 Å². The molecule has 0 aliphatic carbocycles. The van der Waals surface area contributed by atoms with Gasteiger partial charge in [-0.2, -0.15) is 0 Å². The van der Waals surface area contributed by atoms with Crippen LogP contribution >= 0.6 is 0 Å². The summed E-state index contributed by atoms with van der Waals surface area (Å²) in [6.07, 6.45) is 2.32. The normalized spacial score (nSPS) is 12.1. The average molecular weight is 287 g/mol. The van der Waals surface area contributed by atoms with Crippen LogP contribution in [0.5, 0.6) is 0 Å². The molecule has 1 aromatic heterocycles. The van der Waals surface area contributed by atoms with Gasteiger partial charge < -0.3 is 20.7 Å². The van der Waals surface area contributed by atoms with Crippen LogP contribution in [0, 0.1) is 0 Å². The van der Waals surface area contributed by atoms with Crippen molar-refractivity contribution in [1.82, 2.24) is 9.88 Å². The number of rotatable bonds is 6. The number of amides is 1. The Hall–Kier alpha value is -2.27. The number of nitrogens with two attached hydrogens (primary N) is 1. The maximum absolute atomic E-state index is 12.3. The van der Waals surface area contributed by atoms with Gasteiger partial charge in [-0.15, -0.1) is 0 Å². The van der Waals surface area contributed by atoms with Crippen LogP contribution in [0.3, 0.4) is 0 Å². The molecule has 1 atom stereocenters. The van der Waals surface area contributed by atoms with Crippen LogP contribution in [0.25, 0.3) is 0 Å². The summed E-state index contributed by atoms with van der Waals surface area (Å²) >= 11 is 0. The standard InChI is InChI=1S/C16H21N3O2/c1-2-19-10-13(17)9-15(19)16(21)18-14(11-20)8-12-6-4-3-5-7-12/h3-7,9-10,14,20H,2,8,11,17H2,1H3,(H,18,21). The van der Waals surface area contributed by atoms with Gasteiger partial charge in [0.1, 0.15) is 5.69 Å². The Balaban J connectivity index is 2.05. The van der Waals surface area contributed by atoms with Crippen molar-refractivity contribution in [3.05, 3.63) is 53.9 Å². The lowest BCUT2D eigenvalue weighted by Gasteiger charge is -2.17. The molecule has 2 aromatic rings. The second-order valence-electron chi connectivity index (χ2n) is 4.99. The summed E-state index contributed by atoms with van der Waals surface area (Å²) in [5, 5.41) is 12.3. The quantitative estimate of drug-likeness (QED) is 0.751. The van der Waals surface area contributed by atoms with Gasteiger partial charge in [0.05, 0.1) is 18.3 Å². The Morgan fingerprint density at radius 2 is 2.10 bits per heavy atom. The molecule has 5 heteroatoms. The molecule has 5 nitrogen and oxygen atoms in total. The summed E-state index contributed by atoms with van der Waals surface area (Å²) in [7, 11) is 0. The van der Waals surface area contributed by atoms with Gasteiger partial charge in [-0.25, -0.2) is 0 Å². The molecule has 4 N–H and O–H groups in total. The number of benzene rings is 1. The predicted molar refractivity (Wildman–Crippen MR) is 83.0 cm³/mol. The Labute approximate surface area is 124 Å². The van der Waals surface area contributed by atoms with Crippen molar-refractivity contribution in [2.75, 3.05) is 12.3 Å². The van der Waals surface area contributed by atoms with E-state index >= 15 is 0 Å². The number of hydrogen-bond donors (Lipinski definition) is 3. The molecule has 0 aliphatic heterocycles. The summed E-state index contributed by atoms with van der Waals surface area (Å²) < 4.78 is 1.79. The third-order valence-electron chi connectivity index (χ3n) is 3.37. The number of carbonyl (C=O) groups is 1. The summed E-state index contributed by atoms with van der Waals surface area (Å²) in [6.45, 7) is 2.51. The maximum atomic E-state index is 12.3. The van der Waals surface area contributed by atoms with Crippen molar-refractivity contribution in [3.8, 4) is 0 Å². The minimum Gasteiger partial charge on any atom is -0.397 e. The monoisotopic (exact) mass is 287 g/mol. The number of aliphatic hydroxyl groups is 1. The maximum Gasteiger partial charge on any atom is 0.268 e. The second-order valence-corrected chi connectivity index (χ2v) is 4.99. The van der Waals surface area contributed by atoms with Gasteiger partial charge in [-0.1, -0.05) is 30.3 Å². The van der Waals surface area contributed by atoms with Crippen LogP contribution < -0.4 is 11.1 Å². The second kappa shape index (κ2) is 6.95. The lowest BCUT2D eigenvalue weighted by Crippen LogP contribution is -2.39. The number of nitrogens with one attached hydrogen (secondary N) is 1. The highest BCUT2D eigenvalue weighted by Gasteiger charge is 2.17. The summed E-state index contributed by atoms with van der Waals surface area (Å²) in [5.74, 6) is -0.219. The van der Waals surface area contributed by atoms with Crippen molar-refractivity contribution >= 4 is 11.6 Å². The number of aliphatic hydroxyl groups excluding tert-OH is 1. The van der Waals surface area contributed by atoms with E-state index in [1.54, 1.807) is 16.8 Å². The zero-order valence-corrected chi connectivity index (χ0v) is 12.1. The first kappa shape index (κ1) is 15.1. The fraction of sp³-hybridized carbons (Fsp3) is 0.312. The molecule has 0 bridgehead atoms. The van der Waals surface area contributed by atoms with Gasteiger partial charge in [-0.05, 0) is 25.0 Å². The van der Waals surface area contributed by atoms with Gasteiger partial charge in [0.25, 0.3) is 5.91 Å². The van der Waals surface area contributed by atoms with Crippen molar-refractivity contribution in [1.29, 1.82) is 0 Å². The van der Waals surface area contributed by atoms with E-state index in [1.165, 1.54) is 0 Å². The van der Waals surface area contributed by atoms with Crippen LogP contribution in [-0.4, -0.2) is 28.2 Å². The molecule has 0 saturated carbocycles. The molecular weight excluding hydrogens is 266 g/mol. The molecule has 2 rings (SSSR count). The molecule has 1 aromatic carbocycles.